The number of nitrogens with one attached hydrogen (secondary N) is 1. The van der Waals surface area contributed by atoms with Crippen LogP contribution in [0, 0.1) is 6.92 Å². The number of thioether (sulfide) groups is 1. The third kappa shape index (κ3) is 5.06. The highest BCUT2D eigenvalue weighted by Crippen LogP contribution is 2.27. The molecule has 0 aliphatic carbocycles. The summed E-state index contributed by atoms with van der Waals surface area (Å²) in [7, 11) is 1.53. The molecule has 1 amide bonds. The molecule has 0 heterocycles. The Morgan fingerprint density at radius 1 is 1.07 bits per heavy atom. The van der Waals surface area contributed by atoms with Crippen molar-refractivity contribution in [2.75, 3.05) is 12.4 Å². The number of ether oxygens (including phenoxy) is 1. The van der Waals surface area contributed by atoms with Crippen LogP contribution in [0.25, 0.3) is 0 Å². The summed E-state index contributed by atoms with van der Waals surface area (Å²) in [6.45, 7) is 1.99. The summed E-state index contributed by atoms with van der Waals surface area (Å²) in [6, 6.07) is 21.4. The van der Waals surface area contributed by atoms with Gasteiger partial charge in [0, 0.05) is 21.4 Å². The van der Waals surface area contributed by atoms with Crippen LogP contribution in [-0.2, 0) is 5.75 Å². The molecule has 0 saturated carbocycles. The highest BCUT2D eigenvalue weighted by Gasteiger charge is 2.14. The largest absolute Gasteiger partial charge is 0.496 e. The predicted molar refractivity (Wildman–Crippen MR) is 113 cm³/mol. The lowest BCUT2D eigenvalue weighted by molar-refractivity contribution is 0.102. The minimum atomic E-state index is -0.246. The van der Waals surface area contributed by atoms with Crippen molar-refractivity contribution in [2.45, 2.75) is 17.6 Å². The van der Waals surface area contributed by atoms with Crippen molar-refractivity contribution >= 4 is 35.0 Å². The second kappa shape index (κ2) is 8.98. The highest BCUT2D eigenvalue weighted by atomic mass is 35.5. The summed E-state index contributed by atoms with van der Waals surface area (Å²) in [5.41, 5.74) is 3.40. The quantitative estimate of drug-likeness (QED) is 0.503. The highest BCUT2D eigenvalue weighted by molar-refractivity contribution is 7.98. The Labute approximate surface area is 168 Å². The van der Waals surface area contributed by atoms with Gasteiger partial charge in [0.2, 0.25) is 0 Å². The molecule has 5 heteroatoms. The van der Waals surface area contributed by atoms with Crippen molar-refractivity contribution in [1.82, 2.24) is 0 Å². The first kappa shape index (κ1) is 19.3. The molecule has 3 nitrogen and oxygen atoms in total. The van der Waals surface area contributed by atoms with Gasteiger partial charge < -0.3 is 10.1 Å². The number of rotatable bonds is 6. The molecule has 0 aromatic heterocycles. The number of amides is 1. The van der Waals surface area contributed by atoms with Crippen molar-refractivity contribution in [3.05, 3.63) is 88.4 Å². The van der Waals surface area contributed by atoms with E-state index in [0.29, 0.717) is 16.3 Å². The van der Waals surface area contributed by atoms with E-state index >= 15 is 0 Å². The standard InChI is InChI=1S/C22H20ClNO2S/c1-15-12-16(14-27-18-6-4-3-5-7-18)8-10-20(15)24-22(25)19-13-17(23)9-11-21(19)26-2/h3-13H,14H2,1-2H3,(H,24,25). The van der Waals surface area contributed by atoms with Gasteiger partial charge in [-0.15, -0.1) is 11.8 Å². The Kier molecular flexibility index (Phi) is 6.43. The van der Waals surface area contributed by atoms with Gasteiger partial charge in [-0.3, -0.25) is 4.79 Å². The van der Waals surface area contributed by atoms with Crippen LogP contribution in [0.1, 0.15) is 21.5 Å². The maximum absolute atomic E-state index is 12.6. The number of carbonyl (C=O) groups excluding carboxylic acids is 1. The van der Waals surface area contributed by atoms with E-state index in [-0.39, 0.29) is 5.91 Å². The first-order chi connectivity index (χ1) is 13.1. The van der Waals surface area contributed by atoms with Crippen LogP contribution in [-0.4, -0.2) is 13.0 Å². The van der Waals surface area contributed by atoms with Gasteiger partial charge in [-0.25, -0.2) is 0 Å². The number of halogens is 1. The van der Waals surface area contributed by atoms with E-state index in [0.717, 1.165) is 17.0 Å². The molecule has 3 aromatic carbocycles. The van der Waals surface area contributed by atoms with Gasteiger partial charge in [0.1, 0.15) is 5.75 Å². The SMILES string of the molecule is COc1ccc(Cl)cc1C(=O)Nc1ccc(CSc2ccccc2)cc1C. The number of hydrogen-bond acceptors (Lipinski definition) is 3. The third-order valence-corrected chi connectivity index (χ3v) is 5.41. The van der Waals surface area contributed by atoms with Gasteiger partial charge in [0.15, 0.2) is 0 Å². The fourth-order valence-corrected chi connectivity index (χ4v) is 3.72. The van der Waals surface area contributed by atoms with Crippen LogP contribution < -0.4 is 10.1 Å². The maximum Gasteiger partial charge on any atom is 0.259 e. The summed E-state index contributed by atoms with van der Waals surface area (Å²) < 4.78 is 5.26. The monoisotopic (exact) mass is 397 g/mol. The first-order valence-electron chi connectivity index (χ1n) is 8.49. The number of aryl methyl sites for hydroxylation is 1. The summed E-state index contributed by atoms with van der Waals surface area (Å²) in [5, 5.41) is 3.44. The molecule has 1 N–H and O–H groups in total. The molecule has 0 unspecified atom stereocenters. The van der Waals surface area contributed by atoms with Crippen LogP contribution >= 0.6 is 23.4 Å². The number of hydrogen-bond donors (Lipinski definition) is 1. The molecular formula is C22H20ClNO2S. The van der Waals surface area contributed by atoms with E-state index in [2.05, 4.69) is 23.5 Å². The molecule has 3 aromatic rings. The molecule has 0 aliphatic heterocycles. The Morgan fingerprint density at radius 3 is 2.56 bits per heavy atom. The maximum atomic E-state index is 12.6. The van der Waals surface area contributed by atoms with Gasteiger partial charge in [-0.1, -0.05) is 41.9 Å². The van der Waals surface area contributed by atoms with E-state index < -0.39 is 0 Å². The van der Waals surface area contributed by atoms with E-state index in [9.17, 15) is 4.79 Å². The van der Waals surface area contributed by atoms with Crippen molar-refractivity contribution < 1.29 is 9.53 Å². The van der Waals surface area contributed by atoms with Gasteiger partial charge in [0.25, 0.3) is 5.91 Å². The first-order valence-corrected chi connectivity index (χ1v) is 9.85. The summed E-state index contributed by atoms with van der Waals surface area (Å²) in [4.78, 5) is 13.9. The topological polar surface area (TPSA) is 38.3 Å². The Balaban J connectivity index is 1.71. The van der Waals surface area contributed by atoms with Crippen molar-refractivity contribution in [1.29, 1.82) is 0 Å². The van der Waals surface area contributed by atoms with Gasteiger partial charge in [-0.2, -0.15) is 0 Å². The zero-order chi connectivity index (χ0) is 19.2. The van der Waals surface area contributed by atoms with Crippen LogP contribution in [0.5, 0.6) is 5.75 Å². The van der Waals surface area contributed by atoms with E-state index in [1.54, 1.807) is 30.0 Å². The summed E-state index contributed by atoms with van der Waals surface area (Å²) >= 11 is 7.81. The average molecular weight is 398 g/mol. The average Bonchev–Trinajstić information content (AvgIpc) is 2.69. The minimum absolute atomic E-state index is 0.246. The lowest BCUT2D eigenvalue weighted by atomic mass is 10.1. The zero-order valence-electron chi connectivity index (χ0n) is 15.2. The normalized spacial score (nSPS) is 10.5. The third-order valence-electron chi connectivity index (χ3n) is 4.09. The lowest BCUT2D eigenvalue weighted by Gasteiger charge is -2.12. The molecule has 0 atom stereocenters. The number of benzene rings is 3. The zero-order valence-corrected chi connectivity index (χ0v) is 16.7. The molecule has 27 heavy (non-hydrogen) atoms. The Hall–Kier alpha value is -2.43. The fraction of sp³-hybridized carbons (Fsp3) is 0.136. The molecular weight excluding hydrogens is 378 g/mol. The van der Waals surface area contributed by atoms with Crippen LogP contribution in [0.2, 0.25) is 5.02 Å². The van der Waals surface area contributed by atoms with E-state index in [1.165, 1.54) is 17.6 Å². The second-order valence-electron chi connectivity index (χ2n) is 6.05. The number of carbonyl (C=O) groups is 1. The molecule has 0 bridgehead atoms. The van der Waals surface area contributed by atoms with Crippen LogP contribution in [0.3, 0.4) is 0 Å². The minimum Gasteiger partial charge on any atom is -0.496 e. The molecule has 0 radical (unpaired) electrons. The Bertz CT molecular complexity index is 944. The fourth-order valence-electron chi connectivity index (χ4n) is 2.69. The molecule has 0 saturated heterocycles. The molecule has 0 aliphatic rings. The smallest absolute Gasteiger partial charge is 0.259 e. The molecule has 3 rings (SSSR count). The van der Waals surface area contributed by atoms with Crippen LogP contribution in [0.4, 0.5) is 5.69 Å². The number of methoxy groups -OCH3 is 1. The number of anilines is 1. The second-order valence-corrected chi connectivity index (χ2v) is 7.53. The van der Waals surface area contributed by atoms with Gasteiger partial charge in [0.05, 0.1) is 12.7 Å². The molecule has 0 spiro atoms. The summed E-state index contributed by atoms with van der Waals surface area (Å²) in [6.07, 6.45) is 0. The van der Waals surface area contributed by atoms with E-state index in [1.807, 2.05) is 37.3 Å². The summed E-state index contributed by atoms with van der Waals surface area (Å²) in [5.74, 6) is 1.12. The molecule has 0 fully saturated rings. The van der Waals surface area contributed by atoms with Crippen molar-refractivity contribution in [2.24, 2.45) is 0 Å². The molecule has 138 valence electrons. The van der Waals surface area contributed by atoms with Crippen molar-refractivity contribution in [3.63, 3.8) is 0 Å². The van der Waals surface area contributed by atoms with Crippen molar-refractivity contribution in [3.8, 4) is 5.75 Å². The van der Waals surface area contributed by atoms with Crippen LogP contribution in [0.15, 0.2) is 71.6 Å². The van der Waals surface area contributed by atoms with Gasteiger partial charge in [-0.05, 0) is 54.4 Å². The van der Waals surface area contributed by atoms with E-state index in [4.69, 9.17) is 16.3 Å². The van der Waals surface area contributed by atoms with Gasteiger partial charge >= 0.3 is 0 Å². The Morgan fingerprint density at radius 2 is 1.85 bits per heavy atom. The lowest BCUT2D eigenvalue weighted by Crippen LogP contribution is -2.14. The predicted octanol–water partition coefficient (Wildman–Crippen LogP) is 6.20.